The minimum absolute atomic E-state index is 0.487. The van der Waals surface area contributed by atoms with Gasteiger partial charge in [-0.05, 0) is 30.9 Å². The van der Waals surface area contributed by atoms with Crippen LogP contribution in [0.2, 0.25) is 0 Å². The molecule has 18 heavy (non-hydrogen) atoms. The van der Waals surface area contributed by atoms with E-state index < -0.39 is 6.10 Å². The summed E-state index contributed by atoms with van der Waals surface area (Å²) in [6.07, 6.45) is 2.19. The first-order valence-electron chi connectivity index (χ1n) is 6.03. The van der Waals surface area contributed by atoms with Crippen LogP contribution >= 0.6 is 24.0 Å². The molecule has 2 rings (SSSR count). The number of H-pyrrole nitrogens is 1. The van der Waals surface area contributed by atoms with E-state index in [9.17, 15) is 5.11 Å². The third-order valence-corrected chi connectivity index (χ3v) is 4.40. The van der Waals surface area contributed by atoms with Gasteiger partial charge in [0.05, 0.1) is 20.9 Å². The topological polar surface area (TPSA) is 48.9 Å². The summed E-state index contributed by atoms with van der Waals surface area (Å²) in [5, 5.41) is 16.9. The van der Waals surface area contributed by atoms with Gasteiger partial charge in [0.15, 0.2) is 0 Å². The summed E-state index contributed by atoms with van der Waals surface area (Å²) in [6.45, 7) is 6.15. The van der Waals surface area contributed by atoms with Crippen molar-refractivity contribution >= 4 is 24.0 Å². The fraction of sp³-hybridized carbons (Fsp3) is 0.462. The predicted molar refractivity (Wildman–Crippen MR) is 78.3 cm³/mol. The maximum atomic E-state index is 9.94. The van der Waals surface area contributed by atoms with Gasteiger partial charge in [0, 0.05) is 11.8 Å². The largest absolute Gasteiger partial charge is 0.389 e. The van der Waals surface area contributed by atoms with Crippen LogP contribution in [0.5, 0.6) is 0 Å². The molecule has 0 amide bonds. The van der Waals surface area contributed by atoms with E-state index in [0.29, 0.717) is 5.92 Å². The molecule has 0 aliphatic rings. The molecule has 0 saturated heterocycles. The number of rotatable bonds is 4. The van der Waals surface area contributed by atoms with E-state index in [1.54, 1.807) is 24.5 Å². The molecule has 1 unspecified atom stereocenters. The van der Waals surface area contributed by atoms with Gasteiger partial charge in [-0.3, -0.25) is 5.10 Å². The third-order valence-electron chi connectivity index (χ3n) is 2.80. The molecule has 0 aliphatic heterocycles. The van der Waals surface area contributed by atoms with Crippen molar-refractivity contribution in [1.82, 2.24) is 10.2 Å². The second kappa shape index (κ2) is 5.47. The van der Waals surface area contributed by atoms with Crippen LogP contribution in [0.15, 0.2) is 16.5 Å². The molecule has 98 valence electrons. The Labute approximate surface area is 117 Å². The number of aliphatic hydroxyl groups is 1. The Bertz CT molecular complexity index is 515. The Morgan fingerprint density at radius 2 is 2.17 bits per heavy atom. The molecule has 2 heterocycles. The van der Waals surface area contributed by atoms with Gasteiger partial charge in [-0.15, -0.1) is 24.0 Å². The smallest absolute Gasteiger partial charge is 0.0783 e. The van der Waals surface area contributed by atoms with Crippen molar-refractivity contribution in [1.29, 1.82) is 0 Å². The van der Waals surface area contributed by atoms with Gasteiger partial charge < -0.3 is 5.11 Å². The van der Waals surface area contributed by atoms with Crippen LogP contribution in [-0.4, -0.2) is 15.3 Å². The molecule has 5 heteroatoms. The van der Waals surface area contributed by atoms with Crippen molar-refractivity contribution in [3.63, 3.8) is 0 Å². The minimum atomic E-state index is -0.487. The van der Waals surface area contributed by atoms with E-state index >= 15 is 0 Å². The number of aromatic nitrogens is 2. The van der Waals surface area contributed by atoms with Crippen molar-refractivity contribution in [3.05, 3.63) is 23.4 Å². The zero-order valence-corrected chi connectivity index (χ0v) is 12.5. The summed E-state index contributed by atoms with van der Waals surface area (Å²) >= 11 is 6.11. The SMILES string of the molecule is CC(C)Cc1c(-c2ccn[nH]2)sc(S)c1C(C)O. The van der Waals surface area contributed by atoms with Gasteiger partial charge in [0.1, 0.15) is 0 Å². The molecule has 0 radical (unpaired) electrons. The Kier molecular flexibility index (Phi) is 4.14. The number of hydrogen-bond acceptors (Lipinski definition) is 4. The van der Waals surface area contributed by atoms with Gasteiger partial charge in [0.2, 0.25) is 0 Å². The highest BCUT2D eigenvalue weighted by Gasteiger charge is 2.21. The van der Waals surface area contributed by atoms with Crippen LogP contribution in [0.25, 0.3) is 10.6 Å². The molecule has 0 saturated carbocycles. The summed E-state index contributed by atoms with van der Waals surface area (Å²) in [4.78, 5) is 1.14. The molecule has 0 fully saturated rings. The summed E-state index contributed by atoms with van der Waals surface area (Å²) in [5.74, 6) is 0.534. The minimum Gasteiger partial charge on any atom is -0.389 e. The van der Waals surface area contributed by atoms with Crippen LogP contribution in [0.1, 0.15) is 38.0 Å². The number of thiophene rings is 1. The first-order valence-corrected chi connectivity index (χ1v) is 7.29. The summed E-state index contributed by atoms with van der Waals surface area (Å²) in [6, 6.07) is 1.95. The van der Waals surface area contributed by atoms with Crippen LogP contribution in [0.4, 0.5) is 0 Å². The summed E-state index contributed by atoms with van der Waals surface area (Å²) < 4.78 is 0.894. The molecule has 0 bridgehead atoms. The Hall–Kier alpha value is -0.780. The van der Waals surface area contributed by atoms with Gasteiger partial charge in [-0.25, -0.2) is 0 Å². The van der Waals surface area contributed by atoms with E-state index in [-0.39, 0.29) is 0 Å². The van der Waals surface area contributed by atoms with Crippen molar-refractivity contribution in [2.24, 2.45) is 5.92 Å². The molecular formula is C13H18N2OS2. The monoisotopic (exact) mass is 282 g/mol. The molecule has 2 N–H and O–H groups in total. The highest BCUT2D eigenvalue weighted by atomic mass is 32.2. The van der Waals surface area contributed by atoms with Crippen molar-refractivity contribution in [2.75, 3.05) is 0 Å². The van der Waals surface area contributed by atoms with E-state index in [1.807, 2.05) is 6.07 Å². The molecule has 2 aromatic heterocycles. The Morgan fingerprint density at radius 1 is 1.44 bits per heavy atom. The number of aliphatic hydroxyl groups excluding tert-OH is 1. The number of hydrogen-bond donors (Lipinski definition) is 3. The maximum Gasteiger partial charge on any atom is 0.0783 e. The van der Waals surface area contributed by atoms with Gasteiger partial charge >= 0.3 is 0 Å². The third kappa shape index (κ3) is 2.63. The van der Waals surface area contributed by atoms with E-state index in [1.165, 1.54) is 5.56 Å². The maximum absolute atomic E-state index is 9.94. The molecule has 3 nitrogen and oxygen atoms in total. The fourth-order valence-electron chi connectivity index (χ4n) is 2.11. The first-order chi connectivity index (χ1) is 8.50. The summed E-state index contributed by atoms with van der Waals surface area (Å²) in [7, 11) is 0. The molecule has 0 spiro atoms. The number of nitrogens with zero attached hydrogens (tertiary/aromatic N) is 1. The van der Waals surface area contributed by atoms with Crippen molar-refractivity contribution < 1.29 is 5.11 Å². The van der Waals surface area contributed by atoms with E-state index in [4.69, 9.17) is 0 Å². The van der Waals surface area contributed by atoms with Gasteiger partial charge in [-0.1, -0.05) is 13.8 Å². The predicted octanol–water partition coefficient (Wildman–Crippen LogP) is 3.68. The molecular weight excluding hydrogens is 264 g/mol. The lowest BCUT2D eigenvalue weighted by Gasteiger charge is -2.11. The zero-order chi connectivity index (χ0) is 13.3. The average Bonchev–Trinajstić information content (AvgIpc) is 2.84. The van der Waals surface area contributed by atoms with Crippen molar-refractivity contribution in [3.8, 4) is 10.6 Å². The Morgan fingerprint density at radius 3 is 2.67 bits per heavy atom. The lowest BCUT2D eigenvalue weighted by molar-refractivity contribution is 0.196. The van der Waals surface area contributed by atoms with Crippen LogP contribution < -0.4 is 0 Å². The normalized spacial score (nSPS) is 13.2. The zero-order valence-electron chi connectivity index (χ0n) is 10.8. The first kappa shape index (κ1) is 13.6. The second-order valence-corrected chi connectivity index (χ2v) is 6.64. The highest BCUT2D eigenvalue weighted by Crippen LogP contribution is 2.41. The second-order valence-electron chi connectivity index (χ2n) is 4.87. The number of aromatic amines is 1. The fourth-order valence-corrected chi connectivity index (χ4v) is 3.84. The van der Waals surface area contributed by atoms with Crippen molar-refractivity contribution in [2.45, 2.75) is 37.5 Å². The Balaban J connectivity index is 2.56. The quantitative estimate of drug-likeness (QED) is 0.749. The van der Waals surface area contributed by atoms with Gasteiger partial charge in [0.25, 0.3) is 0 Å². The van der Waals surface area contributed by atoms with Crippen LogP contribution in [0, 0.1) is 5.92 Å². The molecule has 1 atom stereocenters. The number of nitrogens with one attached hydrogen (secondary N) is 1. The number of thiol groups is 1. The van der Waals surface area contributed by atoms with E-state index in [2.05, 4.69) is 36.7 Å². The summed E-state index contributed by atoms with van der Waals surface area (Å²) in [5.41, 5.74) is 3.15. The lowest BCUT2D eigenvalue weighted by atomic mass is 9.96. The van der Waals surface area contributed by atoms with E-state index in [0.717, 1.165) is 26.8 Å². The standard InChI is InChI=1S/C13H18N2OS2/c1-7(2)6-9-11(8(3)16)13(17)18-12(9)10-4-5-14-15-10/h4-5,7-8,16-17H,6H2,1-3H3,(H,14,15). The molecule has 0 aliphatic carbocycles. The van der Waals surface area contributed by atoms with Crippen LogP contribution in [-0.2, 0) is 6.42 Å². The van der Waals surface area contributed by atoms with Crippen LogP contribution in [0.3, 0.4) is 0 Å². The molecule has 0 aromatic carbocycles. The van der Waals surface area contributed by atoms with Gasteiger partial charge in [-0.2, -0.15) is 5.10 Å². The lowest BCUT2D eigenvalue weighted by Crippen LogP contribution is -2.01. The highest BCUT2D eigenvalue weighted by molar-refractivity contribution is 7.83. The average molecular weight is 282 g/mol. The molecule has 2 aromatic rings.